The molecule has 6 heteroatoms. The second-order valence-electron chi connectivity index (χ2n) is 6.90. The van der Waals surface area contributed by atoms with Crippen LogP contribution in [-0.2, 0) is 18.0 Å². The second-order valence-corrected chi connectivity index (χ2v) is 6.90. The number of aromatic nitrogens is 3. The van der Waals surface area contributed by atoms with E-state index in [1.807, 2.05) is 36.4 Å². The van der Waals surface area contributed by atoms with Crippen molar-refractivity contribution in [2.45, 2.75) is 38.1 Å². The highest BCUT2D eigenvalue weighted by molar-refractivity contribution is 5.19. The Kier molecular flexibility index (Phi) is 5.46. The first-order valence-electron chi connectivity index (χ1n) is 9.37. The van der Waals surface area contributed by atoms with Crippen LogP contribution in [0.5, 0.6) is 0 Å². The largest absolute Gasteiger partial charge is 0.369 e. The smallest absolute Gasteiger partial charge is 0.343 e. The van der Waals surface area contributed by atoms with Crippen molar-refractivity contribution in [3.8, 4) is 0 Å². The minimum absolute atomic E-state index is 0.0894. The molecule has 2 N–H and O–H groups in total. The van der Waals surface area contributed by atoms with Gasteiger partial charge in [-0.05, 0) is 24.0 Å². The van der Waals surface area contributed by atoms with Gasteiger partial charge in [-0.25, -0.2) is 9.89 Å². The third kappa shape index (κ3) is 4.18. The Hall–Kier alpha value is -2.70. The number of rotatable bonds is 6. The molecule has 1 fully saturated rings. The van der Waals surface area contributed by atoms with E-state index in [4.69, 9.17) is 4.74 Å². The van der Waals surface area contributed by atoms with Crippen LogP contribution in [-0.4, -0.2) is 21.3 Å². The van der Waals surface area contributed by atoms with E-state index in [-0.39, 0.29) is 11.7 Å². The molecule has 0 saturated carbocycles. The molecule has 0 aliphatic carbocycles. The van der Waals surface area contributed by atoms with Gasteiger partial charge in [0.25, 0.3) is 0 Å². The summed E-state index contributed by atoms with van der Waals surface area (Å²) in [7, 11) is 0. The van der Waals surface area contributed by atoms with Gasteiger partial charge in [0, 0.05) is 12.6 Å². The molecule has 1 aromatic heterocycles. The van der Waals surface area contributed by atoms with Crippen molar-refractivity contribution in [2.24, 2.45) is 0 Å². The molecule has 140 valence electrons. The summed E-state index contributed by atoms with van der Waals surface area (Å²) in [6.07, 6.45) is 1.91. The fourth-order valence-corrected chi connectivity index (χ4v) is 3.68. The minimum Gasteiger partial charge on any atom is -0.369 e. The Morgan fingerprint density at radius 2 is 1.74 bits per heavy atom. The fraction of sp³-hybridized carbons (Fsp3) is 0.333. The lowest BCUT2D eigenvalue weighted by Crippen LogP contribution is -2.38. The normalized spacial score (nSPS) is 19.9. The van der Waals surface area contributed by atoms with Crippen LogP contribution in [0.3, 0.4) is 0 Å². The van der Waals surface area contributed by atoms with Crippen LogP contribution in [0, 0.1) is 0 Å². The number of hydrogen-bond donors (Lipinski definition) is 2. The lowest BCUT2D eigenvalue weighted by Gasteiger charge is -2.31. The van der Waals surface area contributed by atoms with E-state index in [1.165, 1.54) is 5.56 Å². The zero-order valence-corrected chi connectivity index (χ0v) is 15.2. The Bertz CT molecular complexity index is 897. The number of nitrogens with one attached hydrogen (secondary N) is 2. The molecule has 0 radical (unpaired) electrons. The Balaban J connectivity index is 1.38. The van der Waals surface area contributed by atoms with Gasteiger partial charge in [-0.1, -0.05) is 60.7 Å². The lowest BCUT2D eigenvalue weighted by molar-refractivity contribution is 0.0967. The van der Waals surface area contributed by atoms with Gasteiger partial charge in [0.1, 0.15) is 6.61 Å². The summed E-state index contributed by atoms with van der Waals surface area (Å²) in [5.41, 5.74) is 2.23. The average molecular weight is 364 g/mol. The average Bonchev–Trinajstić information content (AvgIpc) is 3.10. The number of hydrogen-bond acceptors (Lipinski definition) is 4. The van der Waals surface area contributed by atoms with E-state index >= 15 is 0 Å². The quantitative estimate of drug-likeness (QED) is 0.705. The van der Waals surface area contributed by atoms with Gasteiger partial charge in [0.2, 0.25) is 0 Å². The molecule has 3 aromatic rings. The molecule has 0 bridgehead atoms. The van der Waals surface area contributed by atoms with Gasteiger partial charge in [-0.3, -0.25) is 4.57 Å². The number of ether oxygens (including phenoxy) is 1. The topological polar surface area (TPSA) is 71.9 Å². The van der Waals surface area contributed by atoms with Crippen molar-refractivity contribution < 1.29 is 4.74 Å². The molecule has 2 heterocycles. The molecule has 0 amide bonds. The SMILES string of the molecule is O=c1[nH]nc(COCc2ccccc2)n1C1CCC(c2ccccc2)NC1. The van der Waals surface area contributed by atoms with E-state index in [0.29, 0.717) is 25.1 Å². The highest BCUT2D eigenvalue weighted by Crippen LogP contribution is 2.28. The van der Waals surface area contributed by atoms with Gasteiger partial charge in [0.05, 0.1) is 12.6 Å². The minimum atomic E-state index is -0.168. The summed E-state index contributed by atoms with van der Waals surface area (Å²) in [5.74, 6) is 0.654. The Morgan fingerprint density at radius 1 is 1.00 bits per heavy atom. The van der Waals surface area contributed by atoms with Crippen LogP contribution in [0.15, 0.2) is 65.5 Å². The molecule has 2 atom stereocenters. The van der Waals surface area contributed by atoms with Crippen LogP contribution >= 0.6 is 0 Å². The number of benzene rings is 2. The molecule has 6 nitrogen and oxygen atoms in total. The number of nitrogens with zero attached hydrogens (tertiary/aromatic N) is 2. The molecule has 1 aliphatic heterocycles. The van der Waals surface area contributed by atoms with Gasteiger partial charge < -0.3 is 10.1 Å². The molecule has 0 spiro atoms. The lowest BCUT2D eigenvalue weighted by atomic mass is 9.95. The third-order valence-corrected chi connectivity index (χ3v) is 5.08. The Morgan fingerprint density at radius 3 is 2.44 bits per heavy atom. The number of H-pyrrole nitrogens is 1. The summed E-state index contributed by atoms with van der Waals surface area (Å²) < 4.78 is 7.53. The van der Waals surface area contributed by atoms with Gasteiger partial charge >= 0.3 is 5.69 Å². The van der Waals surface area contributed by atoms with Crippen LogP contribution in [0.1, 0.15) is 41.9 Å². The molecule has 2 aromatic carbocycles. The van der Waals surface area contributed by atoms with Crippen LogP contribution in [0.4, 0.5) is 0 Å². The fourth-order valence-electron chi connectivity index (χ4n) is 3.68. The zero-order valence-electron chi connectivity index (χ0n) is 15.2. The summed E-state index contributed by atoms with van der Waals surface area (Å²) >= 11 is 0. The van der Waals surface area contributed by atoms with Crippen LogP contribution < -0.4 is 11.0 Å². The highest BCUT2D eigenvalue weighted by Gasteiger charge is 2.26. The molecule has 1 saturated heterocycles. The van der Waals surface area contributed by atoms with Gasteiger partial charge in [-0.2, -0.15) is 5.10 Å². The van der Waals surface area contributed by atoms with E-state index in [1.54, 1.807) is 4.57 Å². The first-order valence-corrected chi connectivity index (χ1v) is 9.37. The predicted molar refractivity (Wildman–Crippen MR) is 103 cm³/mol. The van der Waals surface area contributed by atoms with E-state index in [0.717, 1.165) is 24.9 Å². The monoisotopic (exact) mass is 364 g/mol. The van der Waals surface area contributed by atoms with E-state index in [9.17, 15) is 4.79 Å². The summed E-state index contributed by atoms with van der Waals surface area (Å²) in [5, 5.41) is 10.3. The second kappa shape index (κ2) is 8.33. The summed E-state index contributed by atoms with van der Waals surface area (Å²) in [4.78, 5) is 12.3. The third-order valence-electron chi connectivity index (χ3n) is 5.08. The van der Waals surface area contributed by atoms with Crippen LogP contribution in [0.2, 0.25) is 0 Å². The predicted octanol–water partition coefficient (Wildman–Crippen LogP) is 2.95. The highest BCUT2D eigenvalue weighted by atomic mass is 16.5. The van der Waals surface area contributed by atoms with E-state index in [2.05, 4.69) is 39.8 Å². The maximum Gasteiger partial charge on any atom is 0.343 e. The molecule has 1 aliphatic rings. The molecular weight excluding hydrogens is 340 g/mol. The maximum atomic E-state index is 12.3. The van der Waals surface area contributed by atoms with Crippen molar-refractivity contribution in [1.29, 1.82) is 0 Å². The van der Waals surface area contributed by atoms with Crippen molar-refractivity contribution in [1.82, 2.24) is 20.1 Å². The standard InChI is InChI=1S/C21H24N4O2/c26-21-24-23-20(15-27-14-16-7-3-1-4-8-16)25(21)18-11-12-19(22-13-18)17-9-5-2-6-10-17/h1-10,18-19,22H,11-15H2,(H,24,26). The molecule has 4 rings (SSSR count). The molecular formula is C21H24N4O2. The first-order chi connectivity index (χ1) is 13.3. The van der Waals surface area contributed by atoms with Crippen molar-refractivity contribution >= 4 is 0 Å². The van der Waals surface area contributed by atoms with Crippen LogP contribution in [0.25, 0.3) is 0 Å². The van der Waals surface area contributed by atoms with Crippen molar-refractivity contribution in [3.05, 3.63) is 88.1 Å². The van der Waals surface area contributed by atoms with E-state index < -0.39 is 0 Å². The summed E-state index contributed by atoms with van der Waals surface area (Å²) in [6.45, 7) is 1.55. The number of piperidine rings is 1. The maximum absolute atomic E-state index is 12.3. The molecule has 2 unspecified atom stereocenters. The Labute approximate surface area is 158 Å². The van der Waals surface area contributed by atoms with Crippen molar-refractivity contribution in [2.75, 3.05) is 6.54 Å². The number of aromatic amines is 1. The zero-order chi connectivity index (χ0) is 18.5. The van der Waals surface area contributed by atoms with Crippen molar-refractivity contribution in [3.63, 3.8) is 0 Å². The van der Waals surface area contributed by atoms with Gasteiger partial charge in [-0.15, -0.1) is 0 Å². The van der Waals surface area contributed by atoms with Gasteiger partial charge in [0.15, 0.2) is 5.82 Å². The first kappa shape index (κ1) is 17.7. The summed E-state index contributed by atoms with van der Waals surface area (Å²) in [6, 6.07) is 20.9. The molecule has 27 heavy (non-hydrogen) atoms.